The zero-order valence-corrected chi connectivity index (χ0v) is 17.7. The Balaban J connectivity index is 1.69. The van der Waals surface area contributed by atoms with Crippen LogP contribution in [0.15, 0.2) is 42.5 Å². The lowest BCUT2D eigenvalue weighted by atomic mass is 10.1. The van der Waals surface area contributed by atoms with Crippen molar-refractivity contribution >= 4 is 29.4 Å². The molecule has 0 saturated heterocycles. The van der Waals surface area contributed by atoms with Gasteiger partial charge >= 0.3 is 5.97 Å². The van der Waals surface area contributed by atoms with Gasteiger partial charge in [-0.05, 0) is 49.4 Å². The van der Waals surface area contributed by atoms with Crippen molar-refractivity contribution in [3.63, 3.8) is 0 Å². The first kappa shape index (κ1) is 22.5. The van der Waals surface area contributed by atoms with E-state index in [1.165, 1.54) is 30.1 Å². The Hall–Kier alpha value is -4.19. The number of imide groups is 1. The molecule has 0 radical (unpaired) electrons. The molecule has 0 saturated carbocycles. The Morgan fingerprint density at radius 1 is 1.06 bits per heavy atom. The van der Waals surface area contributed by atoms with Crippen LogP contribution in [0.5, 0.6) is 5.75 Å². The molecule has 32 heavy (non-hydrogen) atoms. The molecule has 0 N–H and O–H groups in total. The summed E-state index contributed by atoms with van der Waals surface area (Å²) in [6.45, 7) is 1.94. The number of nitriles is 1. The zero-order valence-electron chi connectivity index (χ0n) is 17.7. The van der Waals surface area contributed by atoms with Crippen molar-refractivity contribution in [3.05, 3.63) is 59.2 Å². The number of anilines is 1. The van der Waals surface area contributed by atoms with Gasteiger partial charge in [-0.25, -0.2) is 4.79 Å². The summed E-state index contributed by atoms with van der Waals surface area (Å²) in [6, 6.07) is 12.8. The molecule has 1 aliphatic rings. The van der Waals surface area contributed by atoms with Gasteiger partial charge in [-0.1, -0.05) is 0 Å². The topological polar surface area (TPSA) is 117 Å². The lowest BCUT2D eigenvalue weighted by Gasteiger charge is -2.22. The zero-order chi connectivity index (χ0) is 23.3. The molecule has 0 atom stereocenters. The lowest BCUT2D eigenvalue weighted by molar-refractivity contribution is -0.121. The molecule has 0 bridgehead atoms. The minimum Gasteiger partial charge on any atom is -0.494 e. The molecule has 9 nitrogen and oxygen atoms in total. The van der Waals surface area contributed by atoms with Crippen LogP contribution in [0.3, 0.4) is 0 Å². The van der Waals surface area contributed by atoms with Gasteiger partial charge < -0.3 is 14.4 Å². The number of nitrogens with zero attached hydrogens (tertiary/aromatic N) is 3. The van der Waals surface area contributed by atoms with E-state index in [0.717, 1.165) is 4.90 Å². The molecule has 1 aliphatic heterocycles. The number of benzene rings is 2. The van der Waals surface area contributed by atoms with Crippen LogP contribution < -0.4 is 9.64 Å². The third-order valence-corrected chi connectivity index (χ3v) is 4.86. The summed E-state index contributed by atoms with van der Waals surface area (Å²) < 4.78 is 10.5. The number of esters is 1. The van der Waals surface area contributed by atoms with Gasteiger partial charge in [0.05, 0.1) is 35.8 Å². The van der Waals surface area contributed by atoms with Crippen LogP contribution in [-0.2, 0) is 9.53 Å². The van der Waals surface area contributed by atoms with E-state index in [2.05, 4.69) is 0 Å². The summed E-state index contributed by atoms with van der Waals surface area (Å²) in [4.78, 5) is 51.6. The molecule has 1 heterocycles. The van der Waals surface area contributed by atoms with Crippen LogP contribution in [0.2, 0.25) is 0 Å². The monoisotopic (exact) mass is 435 g/mol. The number of hydrogen-bond acceptors (Lipinski definition) is 7. The number of ether oxygens (including phenoxy) is 2. The van der Waals surface area contributed by atoms with Gasteiger partial charge in [-0.3, -0.25) is 19.3 Å². The second-order valence-corrected chi connectivity index (χ2v) is 6.89. The van der Waals surface area contributed by atoms with Crippen molar-refractivity contribution < 1.29 is 28.7 Å². The number of rotatable bonds is 8. The average molecular weight is 435 g/mol. The summed E-state index contributed by atoms with van der Waals surface area (Å²) in [7, 11) is 1.36. The van der Waals surface area contributed by atoms with Gasteiger partial charge in [-0.2, -0.15) is 5.26 Å². The number of hydrogen-bond donors (Lipinski definition) is 0. The summed E-state index contributed by atoms with van der Waals surface area (Å²) >= 11 is 0. The van der Waals surface area contributed by atoms with E-state index in [0.29, 0.717) is 18.0 Å². The molecule has 0 spiro atoms. The largest absolute Gasteiger partial charge is 0.494 e. The normalized spacial score (nSPS) is 12.2. The molecule has 0 aliphatic carbocycles. The smallest absolute Gasteiger partial charge is 0.338 e. The van der Waals surface area contributed by atoms with Gasteiger partial charge in [0.1, 0.15) is 5.75 Å². The van der Waals surface area contributed by atoms with Crippen molar-refractivity contribution in [3.8, 4) is 11.8 Å². The van der Waals surface area contributed by atoms with Crippen LogP contribution in [0.1, 0.15) is 44.4 Å². The minimum absolute atomic E-state index is 0.0534. The maximum absolute atomic E-state index is 12.7. The molecule has 0 unspecified atom stereocenters. The number of carbonyl (C=O) groups is 4. The van der Waals surface area contributed by atoms with E-state index < -0.39 is 30.3 Å². The Bertz CT molecular complexity index is 1100. The fraction of sp³-hybridized carbons (Fsp3) is 0.261. The van der Waals surface area contributed by atoms with Crippen molar-refractivity contribution in [2.45, 2.75) is 13.3 Å². The first-order chi connectivity index (χ1) is 15.4. The molecular formula is C23H21N3O6. The molecule has 0 fully saturated rings. The Kier molecular flexibility index (Phi) is 6.85. The van der Waals surface area contributed by atoms with Gasteiger partial charge in [0.15, 0.2) is 6.61 Å². The highest BCUT2D eigenvalue weighted by Crippen LogP contribution is 2.23. The molecule has 164 valence electrons. The highest BCUT2D eigenvalue weighted by molar-refractivity contribution is 6.21. The number of fused-ring (bicyclic) bond motifs is 1. The van der Waals surface area contributed by atoms with E-state index in [9.17, 15) is 19.2 Å². The standard InChI is InChI=1S/C23H21N3O6/c1-3-31-17-8-6-16(7-9-17)26(12-4-11-24)20(27)14-32-23(30)15-5-10-18-19(13-15)22(29)25(2)21(18)28/h5-10,13H,3-4,12,14H2,1-2H3. The fourth-order valence-corrected chi connectivity index (χ4v) is 3.23. The Morgan fingerprint density at radius 3 is 2.41 bits per heavy atom. The fourth-order valence-electron chi connectivity index (χ4n) is 3.23. The highest BCUT2D eigenvalue weighted by Gasteiger charge is 2.33. The van der Waals surface area contributed by atoms with E-state index in [1.807, 2.05) is 13.0 Å². The van der Waals surface area contributed by atoms with Gasteiger partial charge in [0.25, 0.3) is 17.7 Å². The number of carbonyl (C=O) groups excluding carboxylic acids is 4. The average Bonchev–Trinajstić information content (AvgIpc) is 3.02. The maximum atomic E-state index is 12.7. The first-order valence-electron chi connectivity index (χ1n) is 9.91. The SMILES string of the molecule is CCOc1ccc(N(CCC#N)C(=O)COC(=O)c2ccc3c(c2)C(=O)N(C)C3=O)cc1. The third kappa shape index (κ3) is 4.59. The second kappa shape index (κ2) is 9.75. The summed E-state index contributed by atoms with van der Waals surface area (Å²) in [6.07, 6.45) is 0.0986. The molecule has 9 heteroatoms. The van der Waals surface area contributed by atoms with E-state index in [4.69, 9.17) is 14.7 Å². The van der Waals surface area contributed by atoms with Crippen LogP contribution >= 0.6 is 0 Å². The highest BCUT2D eigenvalue weighted by atomic mass is 16.5. The lowest BCUT2D eigenvalue weighted by Crippen LogP contribution is -2.35. The second-order valence-electron chi connectivity index (χ2n) is 6.89. The van der Waals surface area contributed by atoms with Crippen LogP contribution in [-0.4, -0.2) is 55.4 Å². The predicted octanol–water partition coefficient (Wildman–Crippen LogP) is 2.41. The minimum atomic E-state index is -0.803. The predicted molar refractivity (Wildman–Crippen MR) is 113 cm³/mol. The van der Waals surface area contributed by atoms with Gasteiger partial charge in [-0.15, -0.1) is 0 Å². The van der Waals surface area contributed by atoms with Crippen LogP contribution in [0.4, 0.5) is 5.69 Å². The molecule has 3 rings (SSSR count). The van der Waals surface area contributed by atoms with E-state index in [-0.39, 0.29) is 29.7 Å². The summed E-state index contributed by atoms with van der Waals surface area (Å²) in [5.74, 6) is -1.61. The summed E-state index contributed by atoms with van der Waals surface area (Å²) in [5.41, 5.74) is 0.915. The van der Waals surface area contributed by atoms with Gasteiger partial charge in [0.2, 0.25) is 0 Å². The first-order valence-corrected chi connectivity index (χ1v) is 9.91. The van der Waals surface area contributed by atoms with Crippen molar-refractivity contribution in [2.75, 3.05) is 31.7 Å². The molecule has 0 aromatic heterocycles. The Labute approximate surface area is 184 Å². The molecular weight excluding hydrogens is 414 g/mol. The molecule has 2 aromatic carbocycles. The number of amides is 3. The van der Waals surface area contributed by atoms with E-state index in [1.54, 1.807) is 24.3 Å². The maximum Gasteiger partial charge on any atom is 0.338 e. The van der Waals surface area contributed by atoms with Crippen molar-refractivity contribution in [1.82, 2.24) is 4.90 Å². The van der Waals surface area contributed by atoms with E-state index >= 15 is 0 Å². The Morgan fingerprint density at radius 2 is 1.75 bits per heavy atom. The summed E-state index contributed by atoms with van der Waals surface area (Å²) in [5, 5.41) is 8.91. The van der Waals surface area contributed by atoms with Crippen molar-refractivity contribution in [2.24, 2.45) is 0 Å². The molecule has 2 aromatic rings. The molecule has 3 amide bonds. The van der Waals surface area contributed by atoms with Crippen LogP contribution in [0, 0.1) is 11.3 Å². The quantitative estimate of drug-likeness (QED) is 0.462. The third-order valence-electron chi connectivity index (χ3n) is 4.86. The van der Waals surface area contributed by atoms with Crippen molar-refractivity contribution in [1.29, 1.82) is 5.26 Å². The van der Waals surface area contributed by atoms with Gasteiger partial charge in [0, 0.05) is 19.3 Å². The van der Waals surface area contributed by atoms with Crippen LogP contribution in [0.25, 0.3) is 0 Å².